The number of primary amides is 1. The fraction of sp³-hybridized carbons (Fsp3) is 0.667. The van der Waals surface area contributed by atoms with Crippen LogP contribution in [0.4, 0.5) is 0 Å². The second-order valence-electron chi connectivity index (χ2n) is 9.39. The van der Waals surface area contributed by atoms with Gasteiger partial charge in [0.25, 0.3) is 0 Å². The van der Waals surface area contributed by atoms with Crippen LogP contribution in [0.15, 0.2) is 6.07 Å². The molecule has 0 aromatic heterocycles. The number of amides is 1. The van der Waals surface area contributed by atoms with Gasteiger partial charge in [0.15, 0.2) is 5.78 Å². The Labute approximate surface area is 188 Å². The molecule has 0 bridgehead atoms. The maximum Gasteiger partial charge on any atom is 0.217 e. The van der Waals surface area contributed by atoms with Gasteiger partial charge in [0, 0.05) is 23.5 Å². The van der Waals surface area contributed by atoms with E-state index in [1.54, 1.807) is 0 Å². The maximum absolute atomic E-state index is 13.2. The van der Waals surface area contributed by atoms with Crippen molar-refractivity contribution in [2.75, 3.05) is 6.61 Å². The second kappa shape index (κ2) is 8.35. The van der Waals surface area contributed by atoms with Crippen molar-refractivity contribution in [3.05, 3.63) is 28.3 Å². The predicted molar refractivity (Wildman–Crippen MR) is 120 cm³/mol. The number of carbonyl (C=O) groups excluding carboxylic acids is 2. The van der Waals surface area contributed by atoms with E-state index >= 15 is 0 Å². The number of ether oxygens (including phenoxy) is 1. The van der Waals surface area contributed by atoms with Crippen molar-refractivity contribution in [1.82, 2.24) is 0 Å². The van der Waals surface area contributed by atoms with Gasteiger partial charge >= 0.3 is 0 Å². The average molecular weight is 452 g/mol. The largest absolute Gasteiger partial charge is 0.493 e. The summed E-state index contributed by atoms with van der Waals surface area (Å²) in [4.78, 5) is 23.2. The Morgan fingerprint density at radius 3 is 2.23 bits per heavy atom. The van der Waals surface area contributed by atoms with E-state index in [1.807, 2.05) is 13.0 Å². The van der Waals surface area contributed by atoms with Gasteiger partial charge in [-0.3, -0.25) is 9.59 Å². The molecule has 3 aliphatic rings. The molecule has 0 saturated heterocycles. The minimum atomic E-state index is -0.559. The van der Waals surface area contributed by atoms with E-state index < -0.39 is 9.75 Å². The van der Waals surface area contributed by atoms with Crippen LogP contribution in [-0.4, -0.2) is 18.3 Å². The van der Waals surface area contributed by atoms with Gasteiger partial charge in [0.2, 0.25) is 5.91 Å². The van der Waals surface area contributed by atoms with Crippen molar-refractivity contribution < 1.29 is 14.3 Å². The Morgan fingerprint density at radius 1 is 1.10 bits per heavy atom. The number of halogens is 2. The van der Waals surface area contributed by atoms with Gasteiger partial charge in [-0.15, -0.1) is 23.2 Å². The number of hydrogen-bond acceptors (Lipinski definition) is 3. The van der Waals surface area contributed by atoms with Gasteiger partial charge in [-0.25, -0.2) is 0 Å². The van der Waals surface area contributed by atoms with Crippen LogP contribution in [0.3, 0.4) is 0 Å². The average Bonchev–Trinajstić information content (AvgIpc) is 3.39. The van der Waals surface area contributed by atoms with Crippen LogP contribution in [0.2, 0.25) is 0 Å². The van der Waals surface area contributed by atoms with E-state index in [0.29, 0.717) is 19.4 Å². The molecule has 2 N–H and O–H groups in total. The third-order valence-corrected chi connectivity index (χ3v) is 8.24. The number of fused-ring (bicyclic) bond motifs is 1. The molecular formula is C24H31Cl2NO3. The zero-order valence-electron chi connectivity index (χ0n) is 17.7. The fourth-order valence-electron chi connectivity index (χ4n) is 5.63. The molecule has 2 saturated carbocycles. The van der Waals surface area contributed by atoms with Gasteiger partial charge in [-0.2, -0.15) is 0 Å². The first-order valence-electron chi connectivity index (χ1n) is 11.3. The Kier molecular flexibility index (Phi) is 6.11. The zero-order valence-corrected chi connectivity index (χ0v) is 19.2. The van der Waals surface area contributed by atoms with Crippen LogP contribution in [-0.2, 0) is 21.0 Å². The lowest BCUT2D eigenvalue weighted by atomic mass is 9.79. The summed E-state index contributed by atoms with van der Waals surface area (Å²) < 4.78 is 6.24. The topological polar surface area (TPSA) is 69.4 Å². The van der Waals surface area contributed by atoms with E-state index in [9.17, 15) is 9.59 Å². The first-order valence-corrected chi connectivity index (χ1v) is 12.0. The summed E-state index contributed by atoms with van der Waals surface area (Å²) in [5.74, 6) is 0.557. The summed E-state index contributed by atoms with van der Waals surface area (Å²) in [5, 5.41) is 0. The van der Waals surface area contributed by atoms with Crippen molar-refractivity contribution in [2.45, 2.75) is 87.3 Å². The van der Waals surface area contributed by atoms with Crippen LogP contribution >= 0.6 is 23.2 Å². The maximum atomic E-state index is 13.2. The number of alkyl halides is 2. The lowest BCUT2D eigenvalue weighted by Crippen LogP contribution is -2.28. The third-order valence-electron chi connectivity index (χ3n) is 7.11. The first kappa shape index (κ1) is 22.0. The molecule has 2 fully saturated rings. The lowest BCUT2D eigenvalue weighted by molar-refractivity contribution is -0.118. The summed E-state index contributed by atoms with van der Waals surface area (Å²) in [6.07, 6.45) is 9.20. The van der Waals surface area contributed by atoms with Gasteiger partial charge in [-0.1, -0.05) is 32.6 Å². The quantitative estimate of drug-likeness (QED) is 0.425. The SMILES string of the molecule is CC1Cc2cc(OCCCC(N)=O)c(C3(Cl)CCCC3)c(C3(Cl)CCCC3)c2C1=O. The molecule has 0 radical (unpaired) electrons. The summed E-state index contributed by atoms with van der Waals surface area (Å²) in [5.41, 5.74) is 9.02. The standard InChI is InChI=1S/C24H31Cl2NO3/c1-15-13-16-14-17(30-12-6-7-18(27)28)20(23(25)8-2-3-9-23)21(19(16)22(15)29)24(26)10-4-5-11-24/h14-15H,2-13H2,1H3,(H2,27,28). The second-order valence-corrected chi connectivity index (χ2v) is 10.8. The predicted octanol–water partition coefficient (Wildman–Crippen LogP) is 5.72. The van der Waals surface area contributed by atoms with Crippen LogP contribution in [0.1, 0.15) is 98.2 Å². The molecule has 164 valence electrons. The number of ketones is 1. The molecule has 1 aromatic carbocycles. The molecule has 0 aliphatic heterocycles. The Morgan fingerprint density at radius 2 is 1.67 bits per heavy atom. The highest BCUT2D eigenvalue weighted by atomic mass is 35.5. The molecule has 6 heteroatoms. The highest BCUT2D eigenvalue weighted by Gasteiger charge is 2.48. The third kappa shape index (κ3) is 3.86. The Bertz CT molecular complexity index is 854. The number of nitrogens with two attached hydrogens (primary N) is 1. The number of hydrogen-bond donors (Lipinski definition) is 1. The molecule has 1 amide bonds. The summed E-state index contributed by atoms with van der Waals surface area (Å²) in [7, 11) is 0. The van der Waals surface area contributed by atoms with Crippen LogP contribution in [0.5, 0.6) is 5.75 Å². The van der Waals surface area contributed by atoms with Crippen LogP contribution in [0, 0.1) is 5.92 Å². The van der Waals surface area contributed by atoms with Crippen molar-refractivity contribution in [1.29, 1.82) is 0 Å². The monoisotopic (exact) mass is 451 g/mol. The Balaban J connectivity index is 1.87. The van der Waals surface area contributed by atoms with Gasteiger partial charge < -0.3 is 10.5 Å². The molecule has 30 heavy (non-hydrogen) atoms. The molecule has 1 unspecified atom stereocenters. The van der Waals surface area contributed by atoms with Crippen molar-refractivity contribution in [3.8, 4) is 5.75 Å². The molecule has 1 atom stereocenters. The number of carbonyl (C=O) groups is 2. The first-order chi connectivity index (χ1) is 14.3. The normalized spacial score (nSPS) is 24.2. The summed E-state index contributed by atoms with van der Waals surface area (Å²) in [6, 6.07) is 2.03. The molecule has 0 heterocycles. The van der Waals surface area contributed by atoms with Crippen LogP contribution in [0.25, 0.3) is 0 Å². The minimum Gasteiger partial charge on any atom is -0.493 e. The van der Waals surface area contributed by atoms with Crippen molar-refractivity contribution >= 4 is 34.9 Å². The zero-order chi connectivity index (χ0) is 21.5. The molecule has 4 rings (SSSR count). The molecule has 0 spiro atoms. The molecule has 4 nitrogen and oxygen atoms in total. The number of Topliss-reactive ketones (excluding diaryl/α,β-unsaturated/α-hetero) is 1. The van der Waals surface area contributed by atoms with Crippen molar-refractivity contribution in [2.24, 2.45) is 11.7 Å². The van der Waals surface area contributed by atoms with E-state index in [4.69, 9.17) is 33.7 Å². The molecule has 3 aliphatic carbocycles. The highest BCUT2D eigenvalue weighted by molar-refractivity contribution is 6.27. The Hall–Kier alpha value is -1.26. The highest BCUT2D eigenvalue weighted by Crippen LogP contribution is 2.58. The fourth-order valence-corrected chi connectivity index (χ4v) is 6.54. The van der Waals surface area contributed by atoms with Gasteiger partial charge in [0.05, 0.1) is 16.4 Å². The van der Waals surface area contributed by atoms with Crippen molar-refractivity contribution in [3.63, 3.8) is 0 Å². The summed E-state index contributed by atoms with van der Waals surface area (Å²) in [6.45, 7) is 2.38. The lowest BCUT2D eigenvalue weighted by Gasteiger charge is -2.35. The van der Waals surface area contributed by atoms with Gasteiger partial charge in [0.1, 0.15) is 5.75 Å². The molecule has 1 aromatic rings. The number of rotatable bonds is 7. The van der Waals surface area contributed by atoms with E-state index in [2.05, 4.69) is 0 Å². The minimum absolute atomic E-state index is 0.0479. The van der Waals surface area contributed by atoms with E-state index in [1.165, 1.54) is 0 Å². The van der Waals surface area contributed by atoms with E-state index in [-0.39, 0.29) is 24.0 Å². The number of benzene rings is 1. The molecular weight excluding hydrogens is 421 g/mol. The van der Waals surface area contributed by atoms with E-state index in [0.717, 1.165) is 79.4 Å². The van der Waals surface area contributed by atoms with Crippen LogP contribution < -0.4 is 10.5 Å². The van der Waals surface area contributed by atoms with Gasteiger partial charge in [-0.05, 0) is 55.7 Å². The summed E-state index contributed by atoms with van der Waals surface area (Å²) >= 11 is 14.6. The smallest absolute Gasteiger partial charge is 0.217 e.